The number of amides is 1. The van der Waals surface area contributed by atoms with Crippen molar-refractivity contribution in [1.82, 2.24) is 15.0 Å². The van der Waals surface area contributed by atoms with Crippen LogP contribution in [0.25, 0.3) is 11.4 Å². The number of anilines is 1. The molecule has 0 N–H and O–H groups in total. The van der Waals surface area contributed by atoms with Gasteiger partial charge in [0.1, 0.15) is 0 Å². The maximum absolute atomic E-state index is 13.3. The van der Waals surface area contributed by atoms with E-state index in [-0.39, 0.29) is 11.8 Å². The molecule has 6 nitrogen and oxygen atoms in total. The van der Waals surface area contributed by atoms with Gasteiger partial charge in [0, 0.05) is 30.9 Å². The number of aromatic nitrogens is 2. The van der Waals surface area contributed by atoms with E-state index < -0.39 is 0 Å². The van der Waals surface area contributed by atoms with Crippen molar-refractivity contribution >= 4 is 11.6 Å². The Morgan fingerprint density at radius 3 is 2.45 bits per heavy atom. The van der Waals surface area contributed by atoms with Crippen LogP contribution in [0.3, 0.4) is 0 Å². The highest BCUT2D eigenvalue weighted by atomic mass is 16.5. The predicted molar refractivity (Wildman–Crippen MR) is 122 cm³/mol. The number of aryl methyl sites for hydroxylation is 2. The molecule has 1 amide bonds. The average molecular weight is 419 g/mol. The fourth-order valence-electron chi connectivity index (χ4n) is 4.07. The van der Waals surface area contributed by atoms with Crippen molar-refractivity contribution in [3.05, 3.63) is 65.5 Å². The number of carbonyl (C=O) groups is 1. The normalized spacial score (nSPS) is 16.4. The highest BCUT2D eigenvalue weighted by molar-refractivity contribution is 5.79. The maximum atomic E-state index is 13.3. The average Bonchev–Trinajstić information content (AvgIpc) is 3.27. The largest absolute Gasteiger partial charge is 0.371 e. The number of carbonyl (C=O) groups excluding carboxylic acids is 1. The van der Waals surface area contributed by atoms with E-state index in [0.717, 1.165) is 31.5 Å². The van der Waals surface area contributed by atoms with Gasteiger partial charge in [-0.25, -0.2) is 0 Å². The number of hydrogen-bond donors (Lipinski definition) is 0. The molecule has 31 heavy (non-hydrogen) atoms. The Labute approximate surface area is 183 Å². The summed E-state index contributed by atoms with van der Waals surface area (Å²) in [5, 5.41) is 4.10. The van der Waals surface area contributed by atoms with Gasteiger partial charge < -0.3 is 14.3 Å². The van der Waals surface area contributed by atoms with Crippen molar-refractivity contribution in [2.45, 2.75) is 40.2 Å². The maximum Gasteiger partial charge on any atom is 0.246 e. The number of hydrogen-bond acceptors (Lipinski definition) is 5. The molecule has 1 aliphatic rings. The molecule has 0 bridgehead atoms. The standard InChI is InChI=1S/C25H30N4O2/c1-4-28(17-23-26-24(27-31-23)20-11-7-18(2)8-12-20)25(30)21-6-5-15-29(16-21)22-13-9-19(3)10-14-22/h7-14,21H,4-6,15-17H2,1-3H3/t21-/m1/s1. The molecule has 2 aromatic carbocycles. The fraction of sp³-hybridized carbons (Fsp3) is 0.400. The third-order valence-electron chi connectivity index (χ3n) is 5.97. The first kappa shape index (κ1) is 21.1. The first-order valence-electron chi connectivity index (χ1n) is 11.0. The molecule has 0 saturated carbocycles. The molecule has 1 aliphatic heterocycles. The monoisotopic (exact) mass is 418 g/mol. The zero-order valence-electron chi connectivity index (χ0n) is 18.5. The van der Waals surface area contributed by atoms with E-state index in [1.807, 2.05) is 43.0 Å². The van der Waals surface area contributed by atoms with Crippen LogP contribution in [0, 0.1) is 19.8 Å². The van der Waals surface area contributed by atoms with Gasteiger partial charge in [-0.2, -0.15) is 4.98 Å². The molecule has 1 fully saturated rings. The van der Waals surface area contributed by atoms with E-state index in [1.165, 1.54) is 16.8 Å². The molecule has 1 saturated heterocycles. The summed E-state index contributed by atoms with van der Waals surface area (Å²) in [6, 6.07) is 16.5. The van der Waals surface area contributed by atoms with Gasteiger partial charge in [0.25, 0.3) is 0 Å². The molecule has 4 rings (SSSR count). The quantitative estimate of drug-likeness (QED) is 0.585. The second kappa shape index (κ2) is 9.33. The minimum atomic E-state index is -0.0190. The molecule has 0 aliphatic carbocycles. The highest BCUT2D eigenvalue weighted by Crippen LogP contribution is 2.25. The number of piperidine rings is 1. The number of benzene rings is 2. The Morgan fingerprint density at radius 2 is 1.77 bits per heavy atom. The molecular formula is C25H30N4O2. The Balaban J connectivity index is 1.42. The minimum Gasteiger partial charge on any atom is -0.371 e. The molecule has 1 aromatic heterocycles. The van der Waals surface area contributed by atoms with Gasteiger partial charge in [-0.15, -0.1) is 0 Å². The van der Waals surface area contributed by atoms with Gasteiger partial charge in [-0.3, -0.25) is 4.79 Å². The van der Waals surface area contributed by atoms with Gasteiger partial charge >= 0.3 is 0 Å². The lowest BCUT2D eigenvalue weighted by Crippen LogP contribution is -2.44. The van der Waals surface area contributed by atoms with Crippen molar-refractivity contribution in [2.75, 3.05) is 24.5 Å². The minimum absolute atomic E-state index is 0.0190. The van der Waals surface area contributed by atoms with E-state index in [4.69, 9.17) is 4.52 Å². The Morgan fingerprint density at radius 1 is 1.10 bits per heavy atom. The second-order valence-electron chi connectivity index (χ2n) is 8.35. The van der Waals surface area contributed by atoms with Gasteiger partial charge in [0.15, 0.2) is 0 Å². The van der Waals surface area contributed by atoms with E-state index in [1.54, 1.807) is 0 Å². The Bertz CT molecular complexity index is 1010. The zero-order chi connectivity index (χ0) is 21.8. The van der Waals surface area contributed by atoms with Crippen LogP contribution in [-0.2, 0) is 11.3 Å². The molecule has 0 unspecified atom stereocenters. The molecule has 162 valence electrons. The molecule has 2 heterocycles. The zero-order valence-corrected chi connectivity index (χ0v) is 18.5. The van der Waals surface area contributed by atoms with Crippen LogP contribution >= 0.6 is 0 Å². The smallest absolute Gasteiger partial charge is 0.246 e. The van der Waals surface area contributed by atoms with Crippen molar-refractivity contribution in [2.24, 2.45) is 5.92 Å². The van der Waals surface area contributed by atoms with Crippen LogP contribution in [0.5, 0.6) is 0 Å². The van der Waals surface area contributed by atoms with Crippen molar-refractivity contribution in [3.8, 4) is 11.4 Å². The van der Waals surface area contributed by atoms with Gasteiger partial charge in [0.2, 0.25) is 17.6 Å². The van der Waals surface area contributed by atoms with Crippen LogP contribution in [0.1, 0.15) is 36.8 Å². The summed E-state index contributed by atoms with van der Waals surface area (Å²) < 4.78 is 5.46. The lowest BCUT2D eigenvalue weighted by Gasteiger charge is -2.35. The van der Waals surface area contributed by atoms with Gasteiger partial charge in [-0.05, 0) is 45.7 Å². The number of rotatable bonds is 6. The van der Waals surface area contributed by atoms with Crippen LogP contribution in [0.15, 0.2) is 53.1 Å². The molecule has 6 heteroatoms. The van der Waals surface area contributed by atoms with Crippen molar-refractivity contribution < 1.29 is 9.32 Å². The summed E-state index contributed by atoms with van der Waals surface area (Å²) in [7, 11) is 0. The predicted octanol–water partition coefficient (Wildman–Crippen LogP) is 4.62. The van der Waals surface area contributed by atoms with Gasteiger partial charge in [0.05, 0.1) is 12.5 Å². The molecule has 1 atom stereocenters. The SMILES string of the molecule is CCN(Cc1nc(-c2ccc(C)cc2)no1)C(=O)[C@@H]1CCCN(c2ccc(C)cc2)C1. The highest BCUT2D eigenvalue weighted by Gasteiger charge is 2.30. The van der Waals surface area contributed by atoms with E-state index >= 15 is 0 Å². The Kier molecular flexibility index (Phi) is 6.35. The van der Waals surface area contributed by atoms with Crippen LogP contribution in [0.4, 0.5) is 5.69 Å². The fourth-order valence-corrected chi connectivity index (χ4v) is 4.07. The van der Waals surface area contributed by atoms with E-state index in [2.05, 4.69) is 46.2 Å². The molecule has 0 radical (unpaired) electrons. The van der Waals surface area contributed by atoms with Crippen LogP contribution in [-0.4, -0.2) is 40.6 Å². The lowest BCUT2D eigenvalue weighted by molar-refractivity contribution is -0.136. The summed E-state index contributed by atoms with van der Waals surface area (Å²) in [5.41, 5.74) is 4.53. The summed E-state index contributed by atoms with van der Waals surface area (Å²) in [5.74, 6) is 1.17. The van der Waals surface area contributed by atoms with E-state index in [0.29, 0.717) is 24.8 Å². The van der Waals surface area contributed by atoms with Crippen molar-refractivity contribution in [1.29, 1.82) is 0 Å². The molecule has 3 aromatic rings. The van der Waals surface area contributed by atoms with Gasteiger partial charge in [-0.1, -0.05) is 52.7 Å². The summed E-state index contributed by atoms with van der Waals surface area (Å²) in [6.45, 7) is 8.82. The summed E-state index contributed by atoms with van der Waals surface area (Å²) >= 11 is 0. The molecule has 0 spiro atoms. The number of nitrogens with zero attached hydrogens (tertiary/aromatic N) is 4. The lowest BCUT2D eigenvalue weighted by atomic mass is 9.95. The molecular weight excluding hydrogens is 388 g/mol. The summed E-state index contributed by atoms with van der Waals surface area (Å²) in [6.07, 6.45) is 1.93. The topological polar surface area (TPSA) is 62.5 Å². The first-order valence-corrected chi connectivity index (χ1v) is 11.0. The third kappa shape index (κ3) is 4.95. The first-order chi connectivity index (χ1) is 15.0. The second-order valence-corrected chi connectivity index (χ2v) is 8.35. The van der Waals surface area contributed by atoms with Crippen molar-refractivity contribution in [3.63, 3.8) is 0 Å². The summed E-state index contributed by atoms with van der Waals surface area (Å²) in [4.78, 5) is 22.0. The van der Waals surface area contributed by atoms with Crippen LogP contribution in [0.2, 0.25) is 0 Å². The Hall–Kier alpha value is -3.15. The third-order valence-corrected chi connectivity index (χ3v) is 5.97. The van der Waals surface area contributed by atoms with Crippen LogP contribution < -0.4 is 4.90 Å². The van der Waals surface area contributed by atoms with E-state index in [9.17, 15) is 4.79 Å².